The zero-order valence-corrected chi connectivity index (χ0v) is 14.3. The fraction of sp³-hybridized carbons (Fsp3) is 0.0769. The Morgan fingerprint density at radius 3 is 2.36 bits per heavy atom. The number of pyridine rings is 1. The third kappa shape index (κ3) is 4.14. The van der Waals surface area contributed by atoms with Crippen molar-refractivity contribution in [1.29, 1.82) is 0 Å². The van der Waals surface area contributed by atoms with Crippen molar-refractivity contribution >= 4 is 44.8 Å². The summed E-state index contributed by atoms with van der Waals surface area (Å²) in [7, 11) is -4.53. The summed E-state index contributed by atoms with van der Waals surface area (Å²) >= 11 is 11.3. The normalized spacial score (nSPS) is 12.0. The first-order chi connectivity index (χ1) is 11.4. The largest absolute Gasteiger partial charge is 0.417 e. The fourth-order valence-corrected chi connectivity index (χ4v) is 3.39. The first-order valence-electron chi connectivity index (χ1n) is 6.27. The van der Waals surface area contributed by atoms with Crippen LogP contribution in [-0.4, -0.2) is 19.3 Å². The molecule has 25 heavy (non-hydrogen) atoms. The molecule has 0 aliphatic rings. The number of carbonyl (C=O) groups excluding carboxylic acids is 1. The molecule has 0 radical (unpaired) electrons. The molecular formula is C13H8Cl2F3N3O3S. The van der Waals surface area contributed by atoms with Crippen LogP contribution in [0.2, 0.25) is 10.0 Å². The van der Waals surface area contributed by atoms with Crippen molar-refractivity contribution in [3.05, 3.63) is 51.8 Å². The highest BCUT2D eigenvalue weighted by atomic mass is 35.5. The highest BCUT2D eigenvalue weighted by Gasteiger charge is 2.34. The van der Waals surface area contributed by atoms with E-state index in [1.165, 1.54) is 6.07 Å². The molecular weight excluding hydrogens is 406 g/mol. The fourth-order valence-electron chi connectivity index (χ4n) is 1.80. The summed E-state index contributed by atoms with van der Waals surface area (Å²) < 4.78 is 65.3. The maximum Gasteiger partial charge on any atom is 0.417 e. The van der Waals surface area contributed by atoms with Crippen molar-refractivity contribution < 1.29 is 26.4 Å². The Kier molecular flexibility index (Phi) is 5.17. The zero-order valence-electron chi connectivity index (χ0n) is 11.9. The summed E-state index contributed by atoms with van der Waals surface area (Å²) in [5.41, 5.74) is 2.82. The molecule has 0 fully saturated rings. The van der Waals surface area contributed by atoms with Crippen LogP contribution in [0.4, 0.5) is 18.9 Å². The summed E-state index contributed by atoms with van der Waals surface area (Å²) in [4.78, 5) is 14.2. The monoisotopic (exact) mass is 413 g/mol. The number of rotatable bonds is 4. The Morgan fingerprint density at radius 2 is 1.80 bits per heavy atom. The van der Waals surface area contributed by atoms with Crippen molar-refractivity contribution in [3.63, 3.8) is 0 Å². The highest BCUT2D eigenvalue weighted by molar-refractivity contribution is 7.92. The number of hydrogen-bond donors (Lipinski definition) is 2. The topological polar surface area (TPSA) is 102 Å². The van der Waals surface area contributed by atoms with Gasteiger partial charge in [0.2, 0.25) is 0 Å². The molecule has 0 saturated heterocycles. The molecule has 2 rings (SSSR count). The molecule has 0 aliphatic heterocycles. The van der Waals surface area contributed by atoms with Gasteiger partial charge in [0.25, 0.3) is 15.9 Å². The number of alkyl halides is 3. The molecule has 1 heterocycles. The van der Waals surface area contributed by atoms with E-state index in [-0.39, 0.29) is 5.02 Å². The second kappa shape index (κ2) is 6.70. The van der Waals surface area contributed by atoms with E-state index >= 15 is 0 Å². The van der Waals surface area contributed by atoms with E-state index in [0.717, 1.165) is 18.3 Å². The third-order valence-corrected chi connectivity index (χ3v) is 4.92. The van der Waals surface area contributed by atoms with Gasteiger partial charge in [-0.2, -0.15) is 13.2 Å². The predicted octanol–water partition coefficient (Wildman–Crippen LogP) is 3.31. The molecule has 1 aromatic heterocycles. The minimum Gasteiger partial charge on any atom is -0.364 e. The van der Waals surface area contributed by atoms with Gasteiger partial charge in [-0.15, -0.1) is 0 Å². The number of halogens is 5. The second-order valence-electron chi connectivity index (χ2n) is 4.63. The Labute approximate surface area is 149 Å². The average molecular weight is 414 g/mol. The molecule has 134 valence electrons. The number of sulfonamides is 1. The van der Waals surface area contributed by atoms with Crippen molar-refractivity contribution in [1.82, 2.24) is 4.98 Å². The van der Waals surface area contributed by atoms with Gasteiger partial charge in [-0.1, -0.05) is 23.2 Å². The molecule has 12 heteroatoms. The van der Waals surface area contributed by atoms with Crippen LogP contribution in [0.3, 0.4) is 0 Å². The lowest BCUT2D eigenvalue weighted by Gasteiger charge is -2.14. The van der Waals surface area contributed by atoms with E-state index in [1.54, 1.807) is 0 Å². The minimum absolute atomic E-state index is 0.211. The lowest BCUT2D eigenvalue weighted by Crippen LogP contribution is -2.20. The van der Waals surface area contributed by atoms with E-state index in [9.17, 15) is 26.4 Å². The summed E-state index contributed by atoms with van der Waals surface area (Å²) in [6.45, 7) is 0. The first-order valence-corrected chi connectivity index (χ1v) is 8.51. The van der Waals surface area contributed by atoms with Gasteiger partial charge in [0.05, 0.1) is 26.2 Å². The van der Waals surface area contributed by atoms with Crippen molar-refractivity contribution in [2.24, 2.45) is 5.73 Å². The molecule has 1 amide bonds. The SMILES string of the molecule is NC(=O)c1nccc(Cl)c1NS(=O)(=O)c1ccc(Cl)c(C(F)(F)F)c1. The van der Waals surface area contributed by atoms with E-state index in [2.05, 4.69) is 4.98 Å². The van der Waals surface area contributed by atoms with Crippen molar-refractivity contribution in [2.45, 2.75) is 11.1 Å². The second-order valence-corrected chi connectivity index (χ2v) is 7.12. The maximum atomic E-state index is 12.9. The van der Waals surface area contributed by atoms with Gasteiger partial charge >= 0.3 is 6.18 Å². The molecule has 0 bridgehead atoms. The number of amides is 1. The number of nitrogens with zero attached hydrogens (tertiary/aromatic N) is 1. The molecule has 0 saturated carbocycles. The molecule has 0 unspecified atom stereocenters. The summed E-state index contributed by atoms with van der Waals surface area (Å²) in [6, 6.07) is 3.20. The van der Waals surface area contributed by atoms with E-state index in [0.29, 0.717) is 6.07 Å². The molecule has 2 aromatic rings. The molecule has 3 N–H and O–H groups in total. The van der Waals surface area contributed by atoms with Crippen molar-refractivity contribution in [3.8, 4) is 0 Å². The molecule has 0 spiro atoms. The lowest BCUT2D eigenvalue weighted by molar-refractivity contribution is -0.137. The van der Waals surface area contributed by atoms with Gasteiger partial charge in [0, 0.05) is 6.20 Å². The Hall–Kier alpha value is -2.04. The minimum atomic E-state index is -4.85. The number of carbonyl (C=O) groups is 1. The number of nitrogens with two attached hydrogens (primary N) is 1. The van der Waals surface area contributed by atoms with E-state index < -0.39 is 49.0 Å². The Bertz CT molecular complexity index is 949. The predicted molar refractivity (Wildman–Crippen MR) is 85.0 cm³/mol. The van der Waals surface area contributed by atoms with Gasteiger partial charge in [0.15, 0.2) is 5.69 Å². The van der Waals surface area contributed by atoms with Crippen LogP contribution in [0, 0.1) is 0 Å². The van der Waals surface area contributed by atoms with Crippen LogP contribution in [0.15, 0.2) is 35.4 Å². The molecule has 0 atom stereocenters. The maximum absolute atomic E-state index is 12.9. The quantitative estimate of drug-likeness (QED) is 0.802. The van der Waals surface area contributed by atoms with Crippen LogP contribution in [0.25, 0.3) is 0 Å². The van der Waals surface area contributed by atoms with Gasteiger partial charge in [-0.25, -0.2) is 13.4 Å². The summed E-state index contributed by atoms with van der Waals surface area (Å²) in [5.74, 6) is -1.08. The lowest BCUT2D eigenvalue weighted by atomic mass is 10.2. The number of aromatic nitrogens is 1. The summed E-state index contributed by atoms with van der Waals surface area (Å²) in [6.07, 6.45) is -3.74. The van der Waals surface area contributed by atoms with Crippen LogP contribution in [-0.2, 0) is 16.2 Å². The van der Waals surface area contributed by atoms with E-state index in [4.69, 9.17) is 28.9 Å². The number of hydrogen-bond acceptors (Lipinski definition) is 4. The Morgan fingerprint density at radius 1 is 1.16 bits per heavy atom. The number of benzene rings is 1. The third-order valence-electron chi connectivity index (χ3n) is 2.92. The van der Waals surface area contributed by atoms with Crippen LogP contribution >= 0.6 is 23.2 Å². The number of anilines is 1. The van der Waals surface area contributed by atoms with Crippen LogP contribution < -0.4 is 10.5 Å². The smallest absolute Gasteiger partial charge is 0.364 e. The van der Waals surface area contributed by atoms with Gasteiger partial charge in [-0.05, 0) is 24.3 Å². The van der Waals surface area contributed by atoms with Gasteiger partial charge in [0.1, 0.15) is 0 Å². The number of primary amides is 1. The van der Waals surface area contributed by atoms with Crippen LogP contribution in [0.5, 0.6) is 0 Å². The van der Waals surface area contributed by atoms with Crippen LogP contribution in [0.1, 0.15) is 16.1 Å². The first kappa shape index (κ1) is 19.3. The highest BCUT2D eigenvalue weighted by Crippen LogP contribution is 2.36. The van der Waals surface area contributed by atoms with Gasteiger partial charge in [-0.3, -0.25) is 9.52 Å². The Balaban J connectivity index is 2.54. The molecule has 0 aliphatic carbocycles. The molecule has 6 nitrogen and oxygen atoms in total. The standard InChI is InChI=1S/C13H8Cl2F3N3O3S/c14-8-2-1-6(5-7(8)13(16,17)18)25(23,24)21-10-9(15)3-4-20-11(10)12(19)22/h1-5,21H,(H2,19,22). The van der Waals surface area contributed by atoms with Crippen molar-refractivity contribution in [2.75, 3.05) is 4.72 Å². The number of nitrogens with one attached hydrogen (secondary N) is 1. The zero-order chi connectivity index (χ0) is 19.0. The van der Waals surface area contributed by atoms with Gasteiger partial charge < -0.3 is 5.73 Å². The summed E-state index contributed by atoms with van der Waals surface area (Å²) in [5, 5.41) is -0.874. The average Bonchev–Trinajstić information content (AvgIpc) is 2.48. The molecule has 1 aromatic carbocycles. The van der Waals surface area contributed by atoms with E-state index in [1.807, 2.05) is 4.72 Å².